The van der Waals surface area contributed by atoms with Crippen LogP contribution in [-0.2, 0) is 0 Å². The molecule has 0 fully saturated rings. The molecule has 0 spiro atoms. The third-order valence-electron chi connectivity index (χ3n) is 2.71. The Morgan fingerprint density at radius 3 is 2.21 bits per heavy atom. The number of anilines is 2. The molecule has 1 aromatic heterocycles. The van der Waals surface area contributed by atoms with Crippen molar-refractivity contribution in [2.75, 3.05) is 30.3 Å². The molecule has 5 heteroatoms. The highest BCUT2D eigenvalue weighted by molar-refractivity contribution is 5.47. The van der Waals surface area contributed by atoms with Gasteiger partial charge in [0.15, 0.2) is 0 Å². The fourth-order valence-corrected chi connectivity index (χ4v) is 1.63. The summed E-state index contributed by atoms with van der Waals surface area (Å²) in [4.78, 5) is 8.75. The van der Waals surface area contributed by atoms with Gasteiger partial charge in [-0.1, -0.05) is 20.8 Å². The Morgan fingerprint density at radius 2 is 1.68 bits per heavy atom. The molecule has 0 bridgehead atoms. The topological polar surface area (TPSA) is 75.9 Å². The van der Waals surface area contributed by atoms with Crippen molar-refractivity contribution in [3.05, 3.63) is 11.9 Å². The van der Waals surface area contributed by atoms with Crippen LogP contribution in [0.15, 0.2) is 6.07 Å². The third kappa shape index (κ3) is 6.96. The molecule has 1 rings (SSSR count). The summed E-state index contributed by atoms with van der Waals surface area (Å²) in [6.07, 6.45) is 2.04. The molecule has 0 aliphatic carbocycles. The first kappa shape index (κ1) is 15.7. The van der Waals surface area contributed by atoms with Gasteiger partial charge in [-0.15, -0.1) is 0 Å². The molecule has 4 N–H and O–H groups in total. The van der Waals surface area contributed by atoms with Gasteiger partial charge >= 0.3 is 0 Å². The lowest BCUT2D eigenvalue weighted by atomic mass is 9.92. The van der Waals surface area contributed by atoms with Crippen LogP contribution in [0.2, 0.25) is 0 Å². The number of nitrogens with one attached hydrogen (secondary N) is 2. The first-order valence-electron chi connectivity index (χ1n) is 6.94. The van der Waals surface area contributed by atoms with Crippen LogP contribution in [0.3, 0.4) is 0 Å². The molecule has 0 atom stereocenters. The van der Waals surface area contributed by atoms with Crippen molar-refractivity contribution in [2.24, 2.45) is 11.1 Å². The van der Waals surface area contributed by atoms with E-state index in [0.29, 0.717) is 12.0 Å². The van der Waals surface area contributed by atoms with E-state index >= 15 is 0 Å². The van der Waals surface area contributed by atoms with Gasteiger partial charge in [-0.3, -0.25) is 0 Å². The van der Waals surface area contributed by atoms with E-state index in [-0.39, 0.29) is 0 Å². The number of aryl methyl sites for hydroxylation is 1. The van der Waals surface area contributed by atoms with E-state index in [1.807, 2.05) is 13.0 Å². The van der Waals surface area contributed by atoms with Crippen LogP contribution in [0, 0.1) is 12.3 Å². The number of hydrogen-bond acceptors (Lipinski definition) is 5. The van der Waals surface area contributed by atoms with E-state index in [4.69, 9.17) is 5.73 Å². The molecule has 0 radical (unpaired) electrons. The van der Waals surface area contributed by atoms with Crippen molar-refractivity contribution in [3.8, 4) is 0 Å². The van der Waals surface area contributed by atoms with Crippen molar-refractivity contribution in [2.45, 2.75) is 40.5 Å². The number of hydrogen-bond donors (Lipinski definition) is 3. The molecule has 1 aromatic rings. The Morgan fingerprint density at radius 1 is 1.11 bits per heavy atom. The Kier molecular flexibility index (Phi) is 6.02. The number of aromatic nitrogens is 2. The second kappa shape index (κ2) is 7.28. The molecule has 0 aliphatic rings. The predicted molar refractivity (Wildman–Crippen MR) is 81.5 cm³/mol. The lowest BCUT2D eigenvalue weighted by molar-refractivity contribution is 0.389. The maximum Gasteiger partial charge on any atom is 0.131 e. The molecule has 5 nitrogen and oxygen atoms in total. The van der Waals surface area contributed by atoms with Crippen molar-refractivity contribution in [3.63, 3.8) is 0 Å². The van der Waals surface area contributed by atoms with Crippen LogP contribution in [0.4, 0.5) is 11.6 Å². The highest BCUT2D eigenvalue weighted by atomic mass is 15.1. The molecule has 0 saturated carbocycles. The summed E-state index contributed by atoms with van der Waals surface area (Å²) in [6, 6.07) is 1.95. The SMILES string of the molecule is Cc1nc(NCCCN)cc(NCCC(C)(C)C)n1. The molecule has 1 heterocycles. The van der Waals surface area contributed by atoms with Gasteiger partial charge in [0, 0.05) is 19.2 Å². The minimum absolute atomic E-state index is 0.331. The second-order valence-corrected chi connectivity index (χ2v) is 5.99. The van der Waals surface area contributed by atoms with Crippen LogP contribution in [0.25, 0.3) is 0 Å². The van der Waals surface area contributed by atoms with Gasteiger partial charge < -0.3 is 16.4 Å². The minimum atomic E-state index is 0.331. The average molecular weight is 265 g/mol. The second-order valence-electron chi connectivity index (χ2n) is 5.99. The van der Waals surface area contributed by atoms with Gasteiger partial charge in [-0.2, -0.15) is 0 Å². The Hall–Kier alpha value is -1.36. The number of nitrogens with two attached hydrogens (primary N) is 1. The quantitative estimate of drug-likeness (QED) is 0.660. The number of rotatable bonds is 7. The Balaban J connectivity index is 2.53. The molecule has 19 heavy (non-hydrogen) atoms. The smallest absolute Gasteiger partial charge is 0.131 e. The normalized spacial score (nSPS) is 11.4. The summed E-state index contributed by atoms with van der Waals surface area (Å²) >= 11 is 0. The van der Waals surface area contributed by atoms with Gasteiger partial charge in [-0.25, -0.2) is 9.97 Å². The Labute approximate surface area is 116 Å². The first-order chi connectivity index (χ1) is 8.90. The fraction of sp³-hybridized carbons (Fsp3) is 0.714. The molecule has 0 aromatic carbocycles. The molecular formula is C14H27N5. The Bertz CT molecular complexity index is 384. The lowest BCUT2D eigenvalue weighted by Gasteiger charge is -2.18. The summed E-state index contributed by atoms with van der Waals surface area (Å²) in [5.41, 5.74) is 5.80. The van der Waals surface area contributed by atoms with Crippen LogP contribution in [0.5, 0.6) is 0 Å². The maximum absolute atomic E-state index is 5.47. The molecule has 0 amide bonds. The minimum Gasteiger partial charge on any atom is -0.370 e. The summed E-state index contributed by atoms with van der Waals surface area (Å²) < 4.78 is 0. The van der Waals surface area contributed by atoms with Crippen molar-refractivity contribution in [1.82, 2.24) is 9.97 Å². The van der Waals surface area contributed by atoms with Gasteiger partial charge in [0.05, 0.1) is 0 Å². The lowest BCUT2D eigenvalue weighted by Crippen LogP contribution is -2.14. The monoisotopic (exact) mass is 265 g/mol. The standard InChI is InChI=1S/C14H27N5/c1-11-18-12(16-8-5-7-15)10-13(19-11)17-9-6-14(2,3)4/h10H,5-9,15H2,1-4H3,(H2,16,17,18,19). The van der Waals surface area contributed by atoms with E-state index in [1.165, 1.54) is 0 Å². The van der Waals surface area contributed by atoms with E-state index in [9.17, 15) is 0 Å². The molecular weight excluding hydrogens is 238 g/mol. The highest BCUT2D eigenvalue weighted by Crippen LogP contribution is 2.18. The predicted octanol–water partition coefficient (Wildman–Crippen LogP) is 2.39. The highest BCUT2D eigenvalue weighted by Gasteiger charge is 2.09. The van der Waals surface area contributed by atoms with E-state index in [0.717, 1.165) is 43.4 Å². The molecule has 0 unspecified atom stereocenters. The van der Waals surface area contributed by atoms with Gasteiger partial charge in [0.1, 0.15) is 17.5 Å². The fourth-order valence-electron chi connectivity index (χ4n) is 1.63. The van der Waals surface area contributed by atoms with Gasteiger partial charge in [-0.05, 0) is 31.7 Å². The van der Waals surface area contributed by atoms with Crippen molar-refractivity contribution < 1.29 is 0 Å². The summed E-state index contributed by atoms with van der Waals surface area (Å²) in [6.45, 7) is 11.1. The molecule has 108 valence electrons. The van der Waals surface area contributed by atoms with E-state index < -0.39 is 0 Å². The molecule has 0 saturated heterocycles. The third-order valence-corrected chi connectivity index (χ3v) is 2.71. The van der Waals surface area contributed by atoms with Crippen LogP contribution >= 0.6 is 0 Å². The van der Waals surface area contributed by atoms with Crippen molar-refractivity contribution in [1.29, 1.82) is 0 Å². The van der Waals surface area contributed by atoms with Crippen LogP contribution in [-0.4, -0.2) is 29.6 Å². The number of nitrogens with zero attached hydrogens (tertiary/aromatic N) is 2. The zero-order valence-corrected chi connectivity index (χ0v) is 12.6. The maximum atomic E-state index is 5.47. The van der Waals surface area contributed by atoms with Crippen LogP contribution < -0.4 is 16.4 Å². The van der Waals surface area contributed by atoms with Gasteiger partial charge in [0.2, 0.25) is 0 Å². The zero-order valence-electron chi connectivity index (χ0n) is 12.6. The van der Waals surface area contributed by atoms with Gasteiger partial charge in [0.25, 0.3) is 0 Å². The summed E-state index contributed by atoms with van der Waals surface area (Å²) in [5.74, 6) is 2.52. The largest absolute Gasteiger partial charge is 0.370 e. The first-order valence-corrected chi connectivity index (χ1v) is 6.94. The van der Waals surface area contributed by atoms with E-state index in [1.54, 1.807) is 0 Å². The van der Waals surface area contributed by atoms with E-state index in [2.05, 4.69) is 41.4 Å². The molecule has 0 aliphatic heterocycles. The summed E-state index contributed by atoms with van der Waals surface area (Å²) in [5, 5.41) is 6.62. The average Bonchev–Trinajstić information content (AvgIpc) is 2.27. The zero-order chi connectivity index (χ0) is 14.3. The summed E-state index contributed by atoms with van der Waals surface area (Å²) in [7, 11) is 0. The van der Waals surface area contributed by atoms with Crippen LogP contribution in [0.1, 0.15) is 39.4 Å². The van der Waals surface area contributed by atoms with Crippen molar-refractivity contribution >= 4 is 11.6 Å².